The molecule has 0 unspecified atom stereocenters. The SMILES string of the molecule is c1ccc(-c2cc(-c3ccccc3)c3sc4c(-c5ccc6ccc7ccccc7c6c5)ccc(-c5nc(-c6ccccc6)nc(-c6ccccc6)n5)c4c3c2)cc1. The fourth-order valence-electron chi connectivity index (χ4n) is 8.12. The van der Waals surface area contributed by atoms with Crippen molar-refractivity contribution >= 4 is 53.1 Å². The molecule has 0 bridgehead atoms. The third-order valence-corrected chi connectivity index (χ3v) is 12.2. The first kappa shape index (κ1) is 33.1. The molecule has 0 atom stereocenters. The fraction of sp³-hybridized carbons (Fsp3) is 0. The average molecular weight is 744 g/mol. The van der Waals surface area contributed by atoms with Gasteiger partial charge in [0, 0.05) is 42.4 Å². The van der Waals surface area contributed by atoms with Crippen LogP contribution in [0.4, 0.5) is 0 Å². The summed E-state index contributed by atoms with van der Waals surface area (Å²) in [7, 11) is 0. The zero-order chi connectivity index (χ0) is 37.7. The summed E-state index contributed by atoms with van der Waals surface area (Å²) in [5.74, 6) is 1.94. The van der Waals surface area contributed by atoms with E-state index in [-0.39, 0.29) is 0 Å². The number of thiophene rings is 1. The van der Waals surface area contributed by atoms with Gasteiger partial charge in [0.25, 0.3) is 0 Å². The molecule has 2 aromatic heterocycles. The summed E-state index contributed by atoms with van der Waals surface area (Å²) in [6, 6.07) is 71.1. The zero-order valence-corrected chi connectivity index (χ0v) is 31.6. The molecule has 0 saturated heterocycles. The van der Waals surface area contributed by atoms with Gasteiger partial charge in [0.1, 0.15) is 0 Å². The minimum Gasteiger partial charge on any atom is -0.208 e. The Bertz CT molecular complexity index is 3210. The van der Waals surface area contributed by atoms with Crippen LogP contribution in [-0.4, -0.2) is 15.0 Å². The second-order valence-electron chi connectivity index (χ2n) is 14.4. The fourth-order valence-corrected chi connectivity index (χ4v) is 9.50. The van der Waals surface area contributed by atoms with Crippen molar-refractivity contribution in [3.63, 3.8) is 0 Å². The van der Waals surface area contributed by atoms with Gasteiger partial charge in [0.15, 0.2) is 17.5 Å². The quantitative estimate of drug-likeness (QED) is 0.159. The second-order valence-corrected chi connectivity index (χ2v) is 15.4. The highest BCUT2D eigenvalue weighted by Crippen LogP contribution is 2.49. The molecule has 0 aliphatic carbocycles. The van der Waals surface area contributed by atoms with Crippen LogP contribution in [0.5, 0.6) is 0 Å². The monoisotopic (exact) mass is 743 g/mol. The van der Waals surface area contributed by atoms with Crippen molar-refractivity contribution < 1.29 is 0 Å². The smallest absolute Gasteiger partial charge is 0.164 e. The maximum absolute atomic E-state index is 5.26. The molecule has 4 heteroatoms. The minimum absolute atomic E-state index is 0.646. The molecule has 9 aromatic carbocycles. The predicted octanol–water partition coefficient (Wildman–Crippen LogP) is 14.5. The van der Waals surface area contributed by atoms with Crippen molar-refractivity contribution in [1.82, 2.24) is 15.0 Å². The number of aromatic nitrogens is 3. The van der Waals surface area contributed by atoms with Crippen molar-refractivity contribution in [3.8, 4) is 67.5 Å². The number of hydrogen-bond donors (Lipinski definition) is 0. The highest BCUT2D eigenvalue weighted by atomic mass is 32.1. The largest absolute Gasteiger partial charge is 0.208 e. The Morgan fingerprint density at radius 3 is 1.46 bits per heavy atom. The lowest BCUT2D eigenvalue weighted by molar-refractivity contribution is 1.08. The maximum atomic E-state index is 5.26. The number of rotatable bonds is 6. The van der Waals surface area contributed by atoms with Crippen molar-refractivity contribution in [2.45, 2.75) is 0 Å². The Labute approximate surface area is 334 Å². The van der Waals surface area contributed by atoms with Crippen LogP contribution in [0.25, 0.3) is 109 Å². The minimum atomic E-state index is 0.646. The van der Waals surface area contributed by atoms with E-state index in [0.29, 0.717) is 17.5 Å². The van der Waals surface area contributed by atoms with Gasteiger partial charge in [0.2, 0.25) is 0 Å². The molecule has 0 fully saturated rings. The molecule has 0 aliphatic heterocycles. The highest BCUT2D eigenvalue weighted by Gasteiger charge is 2.22. The van der Waals surface area contributed by atoms with Gasteiger partial charge in [-0.1, -0.05) is 176 Å². The lowest BCUT2D eigenvalue weighted by Gasteiger charge is -2.13. The summed E-state index contributed by atoms with van der Waals surface area (Å²) in [5, 5.41) is 7.30. The van der Waals surface area contributed by atoms with Gasteiger partial charge in [0.05, 0.1) is 0 Å². The molecule has 57 heavy (non-hydrogen) atoms. The Morgan fingerprint density at radius 1 is 0.281 bits per heavy atom. The van der Waals surface area contributed by atoms with Crippen LogP contribution in [0.3, 0.4) is 0 Å². The molecule has 0 radical (unpaired) electrons. The maximum Gasteiger partial charge on any atom is 0.164 e. The van der Waals surface area contributed by atoms with Crippen molar-refractivity contribution in [2.75, 3.05) is 0 Å². The van der Waals surface area contributed by atoms with Crippen LogP contribution in [0, 0.1) is 0 Å². The first-order valence-corrected chi connectivity index (χ1v) is 20.0. The Morgan fingerprint density at radius 2 is 0.789 bits per heavy atom. The number of nitrogens with zero attached hydrogens (tertiary/aromatic N) is 3. The van der Waals surface area contributed by atoms with E-state index >= 15 is 0 Å². The topological polar surface area (TPSA) is 38.7 Å². The van der Waals surface area contributed by atoms with Crippen molar-refractivity contribution in [2.24, 2.45) is 0 Å². The number of benzene rings is 9. The van der Waals surface area contributed by atoms with Crippen LogP contribution >= 0.6 is 11.3 Å². The standard InChI is InChI=1S/C53H33N3S/c1-5-15-34(16-6-1)41-32-46(35-17-7-2-8-18-35)49-47(33-41)48-44(53-55-51(38-20-9-3-10-21-38)54-52(56-53)39-22-11-4-12-23-39)30-29-43(50(48)57-49)40-28-27-37-26-25-36-19-13-14-24-42(36)45(37)31-40/h1-33H. The van der Waals surface area contributed by atoms with E-state index in [2.05, 4.69) is 164 Å². The third-order valence-electron chi connectivity index (χ3n) is 10.9. The van der Waals surface area contributed by atoms with Gasteiger partial charge in [-0.3, -0.25) is 0 Å². The Kier molecular flexibility index (Phi) is 8.01. The highest BCUT2D eigenvalue weighted by molar-refractivity contribution is 7.27. The molecule has 2 heterocycles. The van der Waals surface area contributed by atoms with E-state index in [1.54, 1.807) is 0 Å². The van der Waals surface area contributed by atoms with Gasteiger partial charge in [-0.15, -0.1) is 11.3 Å². The first-order chi connectivity index (χ1) is 28.2. The van der Waals surface area contributed by atoms with Crippen LogP contribution in [0.1, 0.15) is 0 Å². The van der Waals surface area contributed by atoms with Crippen molar-refractivity contribution in [1.29, 1.82) is 0 Å². The van der Waals surface area contributed by atoms with Gasteiger partial charge in [-0.2, -0.15) is 0 Å². The van der Waals surface area contributed by atoms with Crippen LogP contribution in [0.15, 0.2) is 200 Å². The lowest BCUT2D eigenvalue weighted by Crippen LogP contribution is -2.00. The summed E-state index contributed by atoms with van der Waals surface area (Å²) in [6.45, 7) is 0. The van der Waals surface area contributed by atoms with Gasteiger partial charge < -0.3 is 0 Å². The Hall–Kier alpha value is -7.27. The molecule has 3 nitrogen and oxygen atoms in total. The molecule has 11 rings (SSSR count). The number of fused-ring (bicyclic) bond motifs is 6. The average Bonchev–Trinajstić information content (AvgIpc) is 3.69. The lowest BCUT2D eigenvalue weighted by atomic mass is 9.92. The summed E-state index contributed by atoms with van der Waals surface area (Å²) < 4.78 is 2.43. The molecular weight excluding hydrogens is 711 g/mol. The summed E-state index contributed by atoms with van der Waals surface area (Å²) in [5.41, 5.74) is 9.97. The molecule has 11 aromatic rings. The van der Waals surface area contributed by atoms with Crippen molar-refractivity contribution in [3.05, 3.63) is 200 Å². The van der Waals surface area contributed by atoms with Crippen LogP contribution in [0.2, 0.25) is 0 Å². The second kappa shape index (κ2) is 13.8. The molecule has 0 aliphatic rings. The van der Waals surface area contributed by atoms with E-state index in [9.17, 15) is 0 Å². The number of hydrogen-bond acceptors (Lipinski definition) is 4. The predicted molar refractivity (Wildman–Crippen MR) is 240 cm³/mol. The van der Waals surface area contributed by atoms with Crippen LogP contribution in [-0.2, 0) is 0 Å². The molecule has 0 N–H and O–H groups in total. The molecule has 0 spiro atoms. The van der Waals surface area contributed by atoms with Crippen LogP contribution < -0.4 is 0 Å². The van der Waals surface area contributed by atoms with E-state index in [1.807, 2.05) is 47.7 Å². The normalized spacial score (nSPS) is 11.5. The molecule has 266 valence electrons. The first-order valence-electron chi connectivity index (χ1n) is 19.2. The molecular formula is C53H33N3S. The van der Waals surface area contributed by atoms with E-state index < -0.39 is 0 Å². The Balaban J connectivity index is 1.25. The third kappa shape index (κ3) is 5.86. The van der Waals surface area contributed by atoms with E-state index in [1.165, 1.54) is 69.7 Å². The van der Waals surface area contributed by atoms with E-state index in [0.717, 1.165) is 22.1 Å². The molecule has 0 amide bonds. The van der Waals surface area contributed by atoms with Gasteiger partial charge >= 0.3 is 0 Å². The zero-order valence-electron chi connectivity index (χ0n) is 30.8. The van der Waals surface area contributed by atoms with Gasteiger partial charge in [-0.25, -0.2) is 15.0 Å². The van der Waals surface area contributed by atoms with E-state index in [4.69, 9.17) is 15.0 Å². The molecule has 0 saturated carbocycles. The van der Waals surface area contributed by atoms with Gasteiger partial charge in [-0.05, 0) is 73.6 Å². The summed E-state index contributed by atoms with van der Waals surface area (Å²) in [4.78, 5) is 15.6. The summed E-state index contributed by atoms with van der Waals surface area (Å²) in [6.07, 6.45) is 0. The summed E-state index contributed by atoms with van der Waals surface area (Å²) >= 11 is 1.86.